The molecule has 1 saturated heterocycles. The predicted octanol–water partition coefficient (Wildman–Crippen LogP) is 1.95. The zero-order valence-corrected chi connectivity index (χ0v) is 12.7. The fourth-order valence-corrected chi connectivity index (χ4v) is 2.74. The van der Waals surface area contributed by atoms with Crippen molar-refractivity contribution in [2.24, 2.45) is 5.92 Å². The smallest absolute Gasteiger partial charge is 0.257 e. The second kappa shape index (κ2) is 6.80. The molecule has 1 aromatic rings. The van der Waals surface area contributed by atoms with Crippen LogP contribution in [0.3, 0.4) is 0 Å². The molecular formula is C16H24N2O3. The molecule has 1 heterocycles. The summed E-state index contributed by atoms with van der Waals surface area (Å²) in [5.74, 6) is 0.0953. The molecule has 0 aliphatic carbocycles. The van der Waals surface area contributed by atoms with Gasteiger partial charge in [-0.2, -0.15) is 0 Å². The van der Waals surface area contributed by atoms with Gasteiger partial charge < -0.3 is 20.4 Å². The van der Waals surface area contributed by atoms with E-state index in [1.165, 1.54) is 18.2 Å². The van der Waals surface area contributed by atoms with Crippen molar-refractivity contribution in [3.05, 3.63) is 23.8 Å². The zero-order valence-electron chi connectivity index (χ0n) is 12.7. The number of nitrogens with zero attached hydrogens (tertiary/aromatic N) is 1. The van der Waals surface area contributed by atoms with Crippen molar-refractivity contribution in [3.63, 3.8) is 0 Å². The van der Waals surface area contributed by atoms with Crippen LogP contribution in [0.25, 0.3) is 0 Å². The summed E-state index contributed by atoms with van der Waals surface area (Å²) in [4.78, 5) is 14.4. The van der Waals surface area contributed by atoms with E-state index in [-0.39, 0.29) is 29.0 Å². The normalized spacial score (nSPS) is 18.7. The number of amides is 1. The number of hydrogen-bond donors (Lipinski definition) is 3. The Kier molecular flexibility index (Phi) is 5.07. The Morgan fingerprint density at radius 1 is 1.43 bits per heavy atom. The van der Waals surface area contributed by atoms with Gasteiger partial charge in [-0.1, -0.05) is 0 Å². The molecule has 1 aliphatic rings. The average molecular weight is 292 g/mol. The maximum absolute atomic E-state index is 12.7. The highest BCUT2D eigenvalue weighted by atomic mass is 16.3. The Bertz CT molecular complexity index is 496. The molecule has 0 saturated carbocycles. The Morgan fingerprint density at radius 2 is 2.19 bits per heavy atom. The lowest BCUT2D eigenvalue weighted by Gasteiger charge is -2.33. The maximum Gasteiger partial charge on any atom is 0.257 e. The van der Waals surface area contributed by atoms with E-state index in [2.05, 4.69) is 5.32 Å². The van der Waals surface area contributed by atoms with E-state index in [9.17, 15) is 15.0 Å². The summed E-state index contributed by atoms with van der Waals surface area (Å²) in [5.41, 5.74) is 0.160. The third kappa shape index (κ3) is 3.88. The Morgan fingerprint density at radius 3 is 2.81 bits per heavy atom. The van der Waals surface area contributed by atoms with Crippen molar-refractivity contribution in [2.75, 3.05) is 19.6 Å². The van der Waals surface area contributed by atoms with Crippen LogP contribution in [0.15, 0.2) is 18.2 Å². The first-order chi connectivity index (χ1) is 9.99. The van der Waals surface area contributed by atoms with Gasteiger partial charge in [-0.15, -0.1) is 0 Å². The molecule has 2 rings (SSSR count). The number of phenols is 2. The van der Waals surface area contributed by atoms with Crippen LogP contribution in [0.5, 0.6) is 11.5 Å². The van der Waals surface area contributed by atoms with Crippen LogP contribution in [0.1, 0.15) is 37.0 Å². The van der Waals surface area contributed by atoms with Crippen LogP contribution in [-0.4, -0.2) is 46.7 Å². The van der Waals surface area contributed by atoms with E-state index >= 15 is 0 Å². The molecule has 116 valence electrons. The van der Waals surface area contributed by atoms with E-state index in [0.717, 1.165) is 25.9 Å². The topological polar surface area (TPSA) is 72.8 Å². The fraction of sp³-hybridized carbons (Fsp3) is 0.562. The Hall–Kier alpha value is -1.75. The van der Waals surface area contributed by atoms with Crippen LogP contribution >= 0.6 is 0 Å². The minimum absolute atomic E-state index is 0.0146. The van der Waals surface area contributed by atoms with Gasteiger partial charge >= 0.3 is 0 Å². The van der Waals surface area contributed by atoms with E-state index < -0.39 is 0 Å². The molecule has 0 radical (unpaired) electrons. The lowest BCUT2D eigenvalue weighted by molar-refractivity contribution is 0.0657. The van der Waals surface area contributed by atoms with Crippen molar-refractivity contribution < 1.29 is 15.0 Å². The van der Waals surface area contributed by atoms with Gasteiger partial charge in [0.25, 0.3) is 5.91 Å². The number of aromatic hydroxyl groups is 2. The van der Waals surface area contributed by atoms with Crippen molar-refractivity contribution in [3.8, 4) is 11.5 Å². The molecule has 1 amide bonds. The molecule has 5 nitrogen and oxygen atoms in total. The monoisotopic (exact) mass is 292 g/mol. The molecular weight excluding hydrogens is 268 g/mol. The van der Waals surface area contributed by atoms with E-state index in [0.29, 0.717) is 12.5 Å². The number of hydrogen-bond acceptors (Lipinski definition) is 4. The van der Waals surface area contributed by atoms with Gasteiger partial charge in [-0.25, -0.2) is 0 Å². The van der Waals surface area contributed by atoms with Gasteiger partial charge in [0.15, 0.2) is 0 Å². The highest BCUT2D eigenvalue weighted by molar-refractivity contribution is 5.97. The molecule has 0 spiro atoms. The van der Waals surface area contributed by atoms with E-state index in [1.807, 2.05) is 13.8 Å². The first-order valence-corrected chi connectivity index (χ1v) is 7.52. The number of phenolic OH excluding ortho intramolecular Hbond substituents is 2. The first-order valence-electron chi connectivity index (χ1n) is 7.52. The second-order valence-corrected chi connectivity index (χ2v) is 5.97. The molecule has 3 N–H and O–H groups in total. The lowest BCUT2D eigenvalue weighted by Crippen LogP contribution is -2.44. The van der Waals surface area contributed by atoms with Gasteiger partial charge in [-0.3, -0.25) is 4.79 Å². The highest BCUT2D eigenvalue weighted by Crippen LogP contribution is 2.25. The quantitative estimate of drug-likeness (QED) is 0.742. The number of benzene rings is 1. The van der Waals surface area contributed by atoms with Crippen LogP contribution in [0.2, 0.25) is 0 Å². The summed E-state index contributed by atoms with van der Waals surface area (Å²) >= 11 is 0. The molecule has 0 aromatic heterocycles. The summed E-state index contributed by atoms with van der Waals surface area (Å²) in [6.07, 6.45) is 2.23. The van der Waals surface area contributed by atoms with Gasteiger partial charge in [0.1, 0.15) is 11.5 Å². The lowest BCUT2D eigenvalue weighted by atomic mass is 9.98. The summed E-state index contributed by atoms with van der Waals surface area (Å²) in [6, 6.07) is 4.09. The van der Waals surface area contributed by atoms with Crippen LogP contribution in [0, 0.1) is 5.92 Å². The van der Waals surface area contributed by atoms with Gasteiger partial charge in [0.05, 0.1) is 5.56 Å². The largest absolute Gasteiger partial charge is 0.508 e. The number of carbonyl (C=O) groups is 1. The standard InChI is InChI=1S/C16H24N2O3/c1-11(2)18(10-12-4-3-7-17-9-12)16(21)14-8-13(19)5-6-15(14)20/h5-6,8,11-12,17,19-20H,3-4,7,9-10H2,1-2H3. The molecule has 5 heteroatoms. The van der Waals surface area contributed by atoms with Gasteiger partial charge in [0.2, 0.25) is 0 Å². The van der Waals surface area contributed by atoms with Crippen LogP contribution in [-0.2, 0) is 0 Å². The predicted molar refractivity (Wildman–Crippen MR) is 81.5 cm³/mol. The summed E-state index contributed by atoms with van der Waals surface area (Å²) in [7, 11) is 0. The molecule has 1 aliphatic heterocycles. The molecule has 1 fully saturated rings. The van der Waals surface area contributed by atoms with Crippen molar-refractivity contribution >= 4 is 5.91 Å². The third-order valence-electron chi connectivity index (χ3n) is 3.95. The highest BCUT2D eigenvalue weighted by Gasteiger charge is 2.25. The minimum atomic E-state index is -0.232. The SMILES string of the molecule is CC(C)N(CC1CCCNC1)C(=O)c1cc(O)ccc1O. The Labute approximate surface area is 125 Å². The van der Waals surface area contributed by atoms with Crippen LogP contribution in [0.4, 0.5) is 0 Å². The first kappa shape index (κ1) is 15.6. The molecule has 0 bridgehead atoms. The minimum Gasteiger partial charge on any atom is -0.508 e. The van der Waals surface area contributed by atoms with Gasteiger partial charge in [0, 0.05) is 12.6 Å². The number of piperidine rings is 1. The maximum atomic E-state index is 12.7. The number of carbonyl (C=O) groups excluding carboxylic acids is 1. The van der Waals surface area contributed by atoms with E-state index in [1.54, 1.807) is 4.90 Å². The third-order valence-corrected chi connectivity index (χ3v) is 3.95. The second-order valence-electron chi connectivity index (χ2n) is 5.97. The summed E-state index contributed by atoms with van der Waals surface area (Å²) < 4.78 is 0. The zero-order chi connectivity index (χ0) is 15.4. The summed E-state index contributed by atoms with van der Waals surface area (Å²) in [6.45, 7) is 6.56. The van der Waals surface area contributed by atoms with E-state index in [4.69, 9.17) is 0 Å². The van der Waals surface area contributed by atoms with Gasteiger partial charge in [-0.05, 0) is 63.9 Å². The Balaban J connectivity index is 2.16. The molecule has 1 atom stereocenters. The van der Waals surface area contributed by atoms with Crippen molar-refractivity contribution in [1.82, 2.24) is 10.2 Å². The molecule has 21 heavy (non-hydrogen) atoms. The van der Waals surface area contributed by atoms with Crippen LogP contribution < -0.4 is 5.32 Å². The summed E-state index contributed by atoms with van der Waals surface area (Å²) in [5, 5.41) is 22.8. The molecule has 1 unspecified atom stereocenters. The fourth-order valence-electron chi connectivity index (χ4n) is 2.74. The average Bonchev–Trinajstić information content (AvgIpc) is 2.47. The van der Waals surface area contributed by atoms with Crippen molar-refractivity contribution in [2.45, 2.75) is 32.7 Å². The number of rotatable bonds is 4. The number of nitrogens with one attached hydrogen (secondary N) is 1. The molecule has 1 aromatic carbocycles. The van der Waals surface area contributed by atoms with Crippen molar-refractivity contribution in [1.29, 1.82) is 0 Å².